The van der Waals surface area contributed by atoms with Gasteiger partial charge >= 0.3 is 0 Å². The van der Waals surface area contributed by atoms with Gasteiger partial charge in [-0.25, -0.2) is 14.4 Å². The number of nitrogens with one attached hydrogen (secondary N) is 1. The Morgan fingerprint density at radius 2 is 1.89 bits per heavy atom. The highest BCUT2D eigenvalue weighted by Gasteiger charge is 2.48. The molecule has 2 aromatic heterocycles. The molecule has 2 aliphatic rings. The van der Waals surface area contributed by atoms with E-state index in [2.05, 4.69) is 10.3 Å². The number of benzene rings is 2. The van der Waals surface area contributed by atoms with Crippen molar-refractivity contribution in [3.8, 4) is 22.8 Å². The number of aryl methyl sites for hydroxylation is 1. The minimum Gasteiger partial charge on any atom is -0.494 e. The highest BCUT2D eigenvalue weighted by atomic mass is 35.5. The first-order valence-corrected chi connectivity index (χ1v) is 15.5. The number of nitrogens with zero attached hydrogens (tertiary/aromatic N) is 2. The number of ether oxygens (including phenoxy) is 2. The molecule has 46 heavy (non-hydrogen) atoms. The fraction of sp³-hybridized carbons (Fsp3) is 0.343. The Balaban J connectivity index is 1.45. The summed E-state index contributed by atoms with van der Waals surface area (Å²) >= 11 is 6.33. The summed E-state index contributed by atoms with van der Waals surface area (Å²) in [6.07, 6.45) is 4.19. The number of aldehydes is 1. The van der Waals surface area contributed by atoms with Gasteiger partial charge in [-0.2, -0.15) is 0 Å². The van der Waals surface area contributed by atoms with Crippen molar-refractivity contribution >= 4 is 40.6 Å². The topological polar surface area (TPSA) is 134 Å². The Hall–Kier alpha value is -4.57. The zero-order valence-electron chi connectivity index (χ0n) is 25.8. The van der Waals surface area contributed by atoms with Gasteiger partial charge in [-0.3, -0.25) is 9.59 Å². The summed E-state index contributed by atoms with van der Waals surface area (Å²) in [7, 11) is 1.50. The molecule has 3 N–H and O–H groups in total. The third kappa shape index (κ3) is 5.24. The molecular formula is C35H34ClFN4O5. The molecule has 0 bridgehead atoms. The lowest BCUT2D eigenvalue weighted by atomic mass is 9.71. The summed E-state index contributed by atoms with van der Waals surface area (Å²) in [5.41, 5.74) is 6.75. The Kier molecular flexibility index (Phi) is 8.18. The second-order valence-electron chi connectivity index (χ2n) is 12.4. The molecule has 1 fully saturated rings. The van der Waals surface area contributed by atoms with E-state index in [9.17, 15) is 18.8 Å². The molecule has 4 aromatic rings. The van der Waals surface area contributed by atoms with Crippen LogP contribution in [0.2, 0.25) is 5.02 Å². The normalized spacial score (nSPS) is 18.9. The first kappa shape index (κ1) is 31.4. The van der Waals surface area contributed by atoms with Gasteiger partial charge in [0, 0.05) is 28.6 Å². The summed E-state index contributed by atoms with van der Waals surface area (Å²) in [5, 5.41) is 4.08. The number of carbonyl (C=O) groups excluding carboxylic acids is 3. The quantitative estimate of drug-likeness (QED) is 0.227. The molecule has 6 rings (SSSR count). The van der Waals surface area contributed by atoms with Gasteiger partial charge in [0.15, 0.2) is 0 Å². The molecule has 1 aliphatic heterocycles. The van der Waals surface area contributed by atoms with E-state index in [0.717, 1.165) is 32.0 Å². The van der Waals surface area contributed by atoms with Crippen molar-refractivity contribution in [1.29, 1.82) is 0 Å². The maximum atomic E-state index is 13.9. The van der Waals surface area contributed by atoms with Crippen molar-refractivity contribution in [2.24, 2.45) is 11.7 Å². The molecule has 0 unspecified atom stereocenters. The average Bonchev–Trinajstić information content (AvgIpc) is 3.71. The third-order valence-electron chi connectivity index (χ3n) is 9.54. The lowest BCUT2D eigenvalue weighted by Gasteiger charge is -2.35. The molecule has 0 spiro atoms. The number of aromatic nitrogens is 2. The Morgan fingerprint density at radius 1 is 1.17 bits per heavy atom. The minimum absolute atomic E-state index is 0.00650. The van der Waals surface area contributed by atoms with Crippen LogP contribution in [0.15, 0.2) is 48.5 Å². The second kappa shape index (κ2) is 12.0. The number of amides is 2. The van der Waals surface area contributed by atoms with Crippen LogP contribution in [0, 0.1) is 18.7 Å². The van der Waals surface area contributed by atoms with Crippen molar-refractivity contribution in [3.05, 3.63) is 81.9 Å². The molecule has 2 amide bonds. The van der Waals surface area contributed by atoms with Gasteiger partial charge in [-0.15, -0.1) is 0 Å². The van der Waals surface area contributed by atoms with Gasteiger partial charge in [-0.05, 0) is 81.1 Å². The maximum Gasteiger partial charge on any atom is 0.251 e. The number of hydrogen-bond donors (Lipinski definition) is 2. The number of hydrogen-bond acceptors (Lipinski definition) is 7. The maximum absolute atomic E-state index is 13.9. The zero-order chi connectivity index (χ0) is 32.8. The van der Waals surface area contributed by atoms with Gasteiger partial charge < -0.3 is 25.3 Å². The molecule has 3 heterocycles. The number of nitrogens with two attached hydrogens (primary N) is 1. The second-order valence-corrected chi connectivity index (χ2v) is 12.8. The predicted molar refractivity (Wildman–Crippen MR) is 172 cm³/mol. The Morgan fingerprint density at radius 3 is 2.54 bits per heavy atom. The van der Waals surface area contributed by atoms with E-state index in [4.69, 9.17) is 31.8 Å². The standard InChI is InChI=1S/C35H34ClFN4O5/c1-19-26(36)13-21-12-22(14-27(45-3)29(21)40-19)32(43)39-16-35(17-42,23-6-4-5-7-23)28-15-25-31(46-18-34(25,2)33(38)44)30(41-28)20-8-10-24(37)11-9-20/h8-15,17,23H,4-7,16,18H2,1-3H3,(H2,38,44)(H,39,43)/t34-,35+/m0/s1. The van der Waals surface area contributed by atoms with Crippen molar-refractivity contribution < 1.29 is 28.2 Å². The number of pyridine rings is 2. The highest BCUT2D eigenvalue weighted by Crippen LogP contribution is 2.48. The predicted octanol–water partition coefficient (Wildman–Crippen LogP) is 5.60. The molecule has 2 aromatic carbocycles. The molecule has 0 radical (unpaired) electrons. The number of methoxy groups -OCH3 is 1. The third-order valence-corrected chi connectivity index (χ3v) is 9.92. The van der Waals surface area contributed by atoms with E-state index < -0.39 is 28.5 Å². The Labute approximate surface area is 270 Å². The largest absolute Gasteiger partial charge is 0.494 e. The molecule has 1 saturated carbocycles. The van der Waals surface area contributed by atoms with Crippen LogP contribution in [0.4, 0.5) is 4.39 Å². The monoisotopic (exact) mass is 644 g/mol. The zero-order valence-corrected chi connectivity index (χ0v) is 26.5. The summed E-state index contributed by atoms with van der Waals surface area (Å²) < 4.78 is 25.5. The van der Waals surface area contributed by atoms with Gasteiger partial charge in [-0.1, -0.05) is 24.4 Å². The SMILES string of the molecule is COc1cc(C(=O)NC[C@](C=O)(c2cc3c(c(-c4ccc(F)cc4)n2)OC[C@]3(C)C(N)=O)C2CCCC2)cc2cc(Cl)c(C)nc12. The van der Waals surface area contributed by atoms with E-state index in [1.54, 1.807) is 50.2 Å². The molecule has 11 heteroatoms. The van der Waals surface area contributed by atoms with Crippen LogP contribution in [0.25, 0.3) is 22.2 Å². The van der Waals surface area contributed by atoms with E-state index in [1.165, 1.54) is 19.2 Å². The first-order chi connectivity index (χ1) is 22.0. The van der Waals surface area contributed by atoms with Crippen LogP contribution in [-0.4, -0.2) is 48.3 Å². The number of rotatable bonds is 9. The lowest BCUT2D eigenvalue weighted by Crippen LogP contribution is -2.48. The van der Waals surface area contributed by atoms with Gasteiger partial charge in [0.25, 0.3) is 5.91 Å². The van der Waals surface area contributed by atoms with Crippen molar-refractivity contribution in [3.63, 3.8) is 0 Å². The molecular weight excluding hydrogens is 611 g/mol. The molecule has 238 valence electrons. The smallest absolute Gasteiger partial charge is 0.251 e. The van der Waals surface area contributed by atoms with E-state index in [-0.39, 0.29) is 19.1 Å². The number of carbonyl (C=O) groups is 3. The molecule has 0 saturated heterocycles. The van der Waals surface area contributed by atoms with Crippen LogP contribution in [0.5, 0.6) is 11.5 Å². The van der Waals surface area contributed by atoms with Crippen LogP contribution >= 0.6 is 11.6 Å². The number of fused-ring (bicyclic) bond motifs is 2. The fourth-order valence-electron chi connectivity index (χ4n) is 6.65. The van der Waals surface area contributed by atoms with Gasteiger partial charge in [0.2, 0.25) is 5.91 Å². The molecule has 1 aliphatic carbocycles. The summed E-state index contributed by atoms with van der Waals surface area (Å²) in [4.78, 5) is 49.4. The molecule has 9 nitrogen and oxygen atoms in total. The van der Waals surface area contributed by atoms with Crippen LogP contribution < -0.4 is 20.5 Å². The van der Waals surface area contributed by atoms with E-state index in [1.807, 2.05) is 0 Å². The number of halogens is 2. The summed E-state index contributed by atoms with van der Waals surface area (Å²) in [6.45, 7) is 3.41. The first-order valence-electron chi connectivity index (χ1n) is 15.1. The van der Waals surface area contributed by atoms with Crippen LogP contribution in [-0.2, 0) is 20.4 Å². The van der Waals surface area contributed by atoms with Gasteiger partial charge in [0.05, 0.1) is 28.9 Å². The number of primary amides is 1. The minimum atomic E-state index is -1.25. The van der Waals surface area contributed by atoms with Gasteiger partial charge in [0.1, 0.15) is 46.8 Å². The summed E-state index contributed by atoms with van der Waals surface area (Å²) in [5.74, 6) is -0.807. The molecule has 2 atom stereocenters. The summed E-state index contributed by atoms with van der Waals surface area (Å²) in [6, 6.07) is 12.5. The van der Waals surface area contributed by atoms with Crippen molar-refractivity contribution in [1.82, 2.24) is 15.3 Å². The average molecular weight is 645 g/mol. The van der Waals surface area contributed by atoms with Crippen molar-refractivity contribution in [2.45, 2.75) is 50.4 Å². The van der Waals surface area contributed by atoms with E-state index >= 15 is 0 Å². The van der Waals surface area contributed by atoms with E-state index in [0.29, 0.717) is 61.2 Å². The van der Waals surface area contributed by atoms with Crippen LogP contribution in [0.1, 0.15) is 59.9 Å². The Bertz CT molecular complexity index is 1880. The van der Waals surface area contributed by atoms with Crippen LogP contribution in [0.3, 0.4) is 0 Å². The lowest BCUT2D eigenvalue weighted by molar-refractivity contribution is -0.123. The van der Waals surface area contributed by atoms with Crippen molar-refractivity contribution in [2.75, 3.05) is 20.3 Å². The fourth-order valence-corrected chi connectivity index (χ4v) is 6.81. The highest BCUT2D eigenvalue weighted by molar-refractivity contribution is 6.31.